The zero-order valence-electron chi connectivity index (χ0n) is 10.6. The van der Waals surface area contributed by atoms with E-state index in [9.17, 15) is 0 Å². The molecule has 0 bridgehead atoms. The molecule has 3 nitrogen and oxygen atoms in total. The maximum Gasteiger partial charge on any atom is 0.105 e. The van der Waals surface area contributed by atoms with Crippen molar-refractivity contribution in [3.63, 3.8) is 0 Å². The van der Waals surface area contributed by atoms with Gasteiger partial charge in [-0.15, -0.1) is 0 Å². The predicted molar refractivity (Wildman–Crippen MR) is 82.2 cm³/mol. The molecule has 0 amide bonds. The minimum Gasteiger partial charge on any atom is -0.197 e. The van der Waals surface area contributed by atoms with E-state index in [1.165, 1.54) is 5.56 Å². The van der Waals surface area contributed by atoms with Crippen LogP contribution in [0.25, 0.3) is 23.3 Å². The van der Waals surface area contributed by atoms with Crippen LogP contribution in [0.2, 0.25) is 5.02 Å². The highest BCUT2D eigenvalue weighted by atomic mass is 35.5. The molecule has 2 aromatic carbocycles. The molecule has 3 aromatic rings. The SMILES string of the molecule is Clc1ccc(-c2ccc(/C=C/c3cn[nH]n3)cc2)cc1. The van der Waals surface area contributed by atoms with Gasteiger partial charge in [0.05, 0.1) is 6.20 Å². The average molecular weight is 282 g/mol. The molecule has 0 aliphatic carbocycles. The van der Waals surface area contributed by atoms with E-state index in [1.807, 2.05) is 36.4 Å². The number of H-pyrrole nitrogens is 1. The average Bonchev–Trinajstić information content (AvgIpc) is 3.00. The zero-order valence-corrected chi connectivity index (χ0v) is 11.4. The smallest absolute Gasteiger partial charge is 0.105 e. The first-order valence-electron chi connectivity index (χ1n) is 6.21. The highest BCUT2D eigenvalue weighted by Crippen LogP contribution is 2.22. The predicted octanol–water partition coefficient (Wildman–Crippen LogP) is 4.30. The summed E-state index contributed by atoms with van der Waals surface area (Å²) >= 11 is 5.89. The van der Waals surface area contributed by atoms with Gasteiger partial charge in [0.25, 0.3) is 0 Å². The van der Waals surface area contributed by atoms with Crippen molar-refractivity contribution in [2.45, 2.75) is 0 Å². The Morgan fingerprint density at radius 3 is 2.10 bits per heavy atom. The Labute approximate surface area is 121 Å². The number of nitrogens with zero attached hydrogens (tertiary/aromatic N) is 2. The number of hydrogen-bond acceptors (Lipinski definition) is 2. The van der Waals surface area contributed by atoms with Crippen molar-refractivity contribution in [1.82, 2.24) is 15.4 Å². The Bertz CT molecular complexity index is 698. The van der Waals surface area contributed by atoms with Crippen molar-refractivity contribution < 1.29 is 0 Å². The Kier molecular flexibility index (Phi) is 3.61. The maximum atomic E-state index is 5.89. The van der Waals surface area contributed by atoms with Crippen molar-refractivity contribution in [2.24, 2.45) is 0 Å². The normalized spacial score (nSPS) is 11.1. The second kappa shape index (κ2) is 5.72. The van der Waals surface area contributed by atoms with Gasteiger partial charge in [0, 0.05) is 5.02 Å². The second-order valence-corrected chi connectivity index (χ2v) is 4.79. The number of halogens is 1. The Morgan fingerprint density at radius 1 is 0.850 bits per heavy atom. The van der Waals surface area contributed by atoms with Crippen LogP contribution < -0.4 is 0 Å². The third kappa shape index (κ3) is 2.95. The first-order chi connectivity index (χ1) is 9.81. The van der Waals surface area contributed by atoms with Gasteiger partial charge in [-0.2, -0.15) is 15.4 Å². The minimum atomic E-state index is 0.751. The van der Waals surface area contributed by atoms with Crippen LogP contribution in [0.3, 0.4) is 0 Å². The van der Waals surface area contributed by atoms with Crippen LogP contribution in [0.1, 0.15) is 11.3 Å². The van der Waals surface area contributed by atoms with Crippen LogP contribution in [-0.2, 0) is 0 Å². The van der Waals surface area contributed by atoms with E-state index in [1.54, 1.807) is 6.20 Å². The van der Waals surface area contributed by atoms with Crippen LogP contribution in [0.4, 0.5) is 0 Å². The second-order valence-electron chi connectivity index (χ2n) is 4.36. The number of benzene rings is 2. The molecule has 0 aliphatic rings. The van der Waals surface area contributed by atoms with Crippen molar-refractivity contribution >= 4 is 23.8 Å². The fraction of sp³-hybridized carbons (Fsp3) is 0. The Balaban J connectivity index is 1.79. The molecule has 98 valence electrons. The van der Waals surface area contributed by atoms with Crippen molar-refractivity contribution in [1.29, 1.82) is 0 Å². The topological polar surface area (TPSA) is 41.6 Å². The third-order valence-electron chi connectivity index (χ3n) is 2.97. The summed E-state index contributed by atoms with van der Waals surface area (Å²) in [6.07, 6.45) is 5.60. The summed E-state index contributed by atoms with van der Waals surface area (Å²) in [6, 6.07) is 16.1. The molecule has 1 N–H and O–H groups in total. The van der Waals surface area contributed by atoms with Crippen LogP contribution in [0.5, 0.6) is 0 Å². The van der Waals surface area contributed by atoms with Gasteiger partial charge >= 0.3 is 0 Å². The summed E-state index contributed by atoms with van der Waals surface area (Å²) in [4.78, 5) is 0. The number of nitrogens with one attached hydrogen (secondary N) is 1. The molecule has 0 radical (unpaired) electrons. The molecule has 0 aliphatic heterocycles. The highest BCUT2D eigenvalue weighted by Gasteiger charge is 1.97. The van der Waals surface area contributed by atoms with Crippen LogP contribution >= 0.6 is 11.6 Å². The highest BCUT2D eigenvalue weighted by molar-refractivity contribution is 6.30. The summed E-state index contributed by atoms with van der Waals surface area (Å²) < 4.78 is 0. The number of rotatable bonds is 3. The van der Waals surface area contributed by atoms with E-state index in [2.05, 4.69) is 39.7 Å². The van der Waals surface area contributed by atoms with E-state index in [0.717, 1.165) is 21.8 Å². The van der Waals surface area contributed by atoms with Crippen LogP contribution in [0.15, 0.2) is 54.7 Å². The van der Waals surface area contributed by atoms with E-state index in [4.69, 9.17) is 11.6 Å². The van der Waals surface area contributed by atoms with E-state index < -0.39 is 0 Å². The quantitative estimate of drug-likeness (QED) is 0.778. The lowest BCUT2D eigenvalue weighted by molar-refractivity contribution is 0.937. The standard InChI is InChI=1S/C16H12ClN3/c17-15-8-6-14(7-9-15)13-4-1-12(2-5-13)3-10-16-11-18-20-19-16/h1-11H,(H,18,19,20)/b10-3+. The molecule has 0 fully saturated rings. The largest absolute Gasteiger partial charge is 0.197 e. The number of hydrogen-bond donors (Lipinski definition) is 1. The van der Waals surface area contributed by atoms with Gasteiger partial charge in [0.1, 0.15) is 5.69 Å². The van der Waals surface area contributed by atoms with Gasteiger partial charge in [-0.05, 0) is 34.9 Å². The summed E-state index contributed by atoms with van der Waals surface area (Å²) in [5.74, 6) is 0. The maximum absolute atomic E-state index is 5.89. The van der Waals surface area contributed by atoms with Crippen molar-refractivity contribution in [2.75, 3.05) is 0 Å². The first kappa shape index (κ1) is 12.6. The number of aromatic amines is 1. The molecular weight excluding hydrogens is 270 g/mol. The van der Waals surface area contributed by atoms with Crippen LogP contribution in [-0.4, -0.2) is 15.4 Å². The van der Waals surface area contributed by atoms with E-state index >= 15 is 0 Å². The van der Waals surface area contributed by atoms with Gasteiger partial charge in [-0.25, -0.2) is 0 Å². The van der Waals surface area contributed by atoms with Gasteiger partial charge in [-0.3, -0.25) is 0 Å². The first-order valence-corrected chi connectivity index (χ1v) is 6.59. The zero-order chi connectivity index (χ0) is 13.8. The van der Waals surface area contributed by atoms with E-state index in [0.29, 0.717) is 0 Å². The lowest BCUT2D eigenvalue weighted by Gasteiger charge is -2.02. The summed E-state index contributed by atoms with van der Waals surface area (Å²) in [6.45, 7) is 0. The Morgan fingerprint density at radius 2 is 1.50 bits per heavy atom. The van der Waals surface area contributed by atoms with Crippen molar-refractivity contribution in [3.8, 4) is 11.1 Å². The molecule has 0 saturated heterocycles. The van der Waals surface area contributed by atoms with Crippen LogP contribution in [0, 0.1) is 0 Å². The Hall–Kier alpha value is -2.39. The fourth-order valence-corrected chi connectivity index (χ4v) is 2.03. The molecular formula is C16H12ClN3. The monoisotopic (exact) mass is 281 g/mol. The molecule has 4 heteroatoms. The lowest BCUT2D eigenvalue weighted by Crippen LogP contribution is -1.78. The molecule has 0 spiro atoms. The van der Waals surface area contributed by atoms with Gasteiger partial charge in [-0.1, -0.05) is 54.1 Å². The molecule has 1 heterocycles. The molecule has 20 heavy (non-hydrogen) atoms. The minimum absolute atomic E-state index is 0.751. The molecule has 0 atom stereocenters. The van der Waals surface area contributed by atoms with E-state index in [-0.39, 0.29) is 0 Å². The van der Waals surface area contributed by atoms with Gasteiger partial charge in [0.15, 0.2) is 0 Å². The van der Waals surface area contributed by atoms with Gasteiger partial charge < -0.3 is 0 Å². The summed E-state index contributed by atoms with van der Waals surface area (Å²) in [5.41, 5.74) is 4.25. The third-order valence-corrected chi connectivity index (χ3v) is 3.22. The van der Waals surface area contributed by atoms with Crippen molar-refractivity contribution in [3.05, 3.63) is 71.0 Å². The summed E-state index contributed by atoms with van der Waals surface area (Å²) in [5, 5.41) is 11.1. The molecule has 0 saturated carbocycles. The molecule has 0 unspecified atom stereocenters. The lowest BCUT2D eigenvalue weighted by atomic mass is 10.0. The van der Waals surface area contributed by atoms with Gasteiger partial charge in [0.2, 0.25) is 0 Å². The molecule has 3 rings (SSSR count). The number of aromatic nitrogens is 3. The summed E-state index contributed by atoms with van der Waals surface area (Å²) in [7, 11) is 0. The molecule has 1 aromatic heterocycles. The fourth-order valence-electron chi connectivity index (χ4n) is 1.90.